The Labute approximate surface area is 173 Å². The number of carbonyl (C=O) groups is 2. The quantitative estimate of drug-likeness (QED) is 0.769. The molecule has 1 aliphatic rings. The Morgan fingerprint density at radius 1 is 1.03 bits per heavy atom. The molecule has 1 saturated heterocycles. The van der Waals surface area contributed by atoms with Gasteiger partial charge in [-0.2, -0.15) is 0 Å². The van der Waals surface area contributed by atoms with E-state index in [-0.39, 0.29) is 11.8 Å². The molecule has 3 rings (SSSR count). The number of hydrogen-bond donors (Lipinski definition) is 1. The fourth-order valence-electron chi connectivity index (χ4n) is 3.52. The van der Waals surface area contributed by atoms with Crippen LogP contribution in [0.3, 0.4) is 0 Å². The van der Waals surface area contributed by atoms with Crippen LogP contribution >= 0.6 is 0 Å². The zero-order valence-electron chi connectivity index (χ0n) is 17.2. The van der Waals surface area contributed by atoms with E-state index in [1.165, 1.54) is 5.56 Å². The molecule has 0 bridgehead atoms. The average Bonchev–Trinajstić information content (AvgIpc) is 2.73. The van der Waals surface area contributed by atoms with Crippen LogP contribution in [-0.4, -0.2) is 54.3 Å². The van der Waals surface area contributed by atoms with Crippen LogP contribution in [0.1, 0.15) is 23.6 Å². The first-order valence-electron chi connectivity index (χ1n) is 10.2. The van der Waals surface area contributed by atoms with Gasteiger partial charge >= 0.3 is 0 Å². The Morgan fingerprint density at radius 3 is 2.52 bits per heavy atom. The summed E-state index contributed by atoms with van der Waals surface area (Å²) in [7, 11) is 0. The van der Waals surface area contributed by atoms with E-state index in [1.807, 2.05) is 60.4 Å². The maximum absolute atomic E-state index is 12.4. The van der Waals surface area contributed by atoms with Gasteiger partial charge in [0.25, 0.3) is 0 Å². The van der Waals surface area contributed by atoms with Gasteiger partial charge in [-0.1, -0.05) is 55.0 Å². The molecule has 5 heteroatoms. The van der Waals surface area contributed by atoms with E-state index < -0.39 is 0 Å². The average molecular weight is 392 g/mol. The molecule has 0 unspecified atom stereocenters. The molecule has 5 nitrogen and oxygen atoms in total. The summed E-state index contributed by atoms with van der Waals surface area (Å²) >= 11 is 0. The number of benzene rings is 2. The third-order valence-electron chi connectivity index (χ3n) is 5.18. The number of nitrogens with zero attached hydrogens (tertiary/aromatic N) is 2. The monoisotopic (exact) mass is 391 g/mol. The van der Waals surface area contributed by atoms with Crippen molar-refractivity contribution in [2.45, 2.75) is 20.3 Å². The molecular weight excluding hydrogens is 362 g/mol. The summed E-state index contributed by atoms with van der Waals surface area (Å²) in [4.78, 5) is 28.8. The first-order chi connectivity index (χ1) is 14.0. The van der Waals surface area contributed by atoms with Crippen LogP contribution in [0.2, 0.25) is 0 Å². The van der Waals surface area contributed by atoms with Gasteiger partial charge in [-0.25, -0.2) is 0 Å². The Balaban J connectivity index is 1.46. The number of amides is 2. The standard InChI is InChI=1S/C24H29N3O2/c1-3-21-9-4-5-10-22(21)25-23(28)18-26-13-15-27(16-14-26)24(29)12-11-20-8-6-7-19(2)17-20/h4-12,17H,3,13-16,18H2,1-2H3,(H,25,28)/b12-11+. The highest BCUT2D eigenvalue weighted by atomic mass is 16.2. The molecule has 1 heterocycles. The summed E-state index contributed by atoms with van der Waals surface area (Å²) in [5, 5.41) is 3.01. The molecule has 2 amide bonds. The zero-order valence-corrected chi connectivity index (χ0v) is 17.2. The number of hydrogen-bond acceptors (Lipinski definition) is 3. The molecule has 0 saturated carbocycles. The SMILES string of the molecule is CCc1ccccc1NC(=O)CN1CCN(C(=O)/C=C/c2cccc(C)c2)CC1. The Morgan fingerprint density at radius 2 is 1.79 bits per heavy atom. The highest BCUT2D eigenvalue weighted by molar-refractivity contribution is 5.93. The van der Waals surface area contributed by atoms with Crippen molar-refractivity contribution < 1.29 is 9.59 Å². The maximum atomic E-state index is 12.4. The molecule has 0 radical (unpaired) electrons. The van der Waals surface area contributed by atoms with Gasteiger partial charge < -0.3 is 10.2 Å². The first kappa shape index (κ1) is 20.8. The van der Waals surface area contributed by atoms with E-state index in [0.29, 0.717) is 32.7 Å². The number of anilines is 1. The second-order valence-corrected chi connectivity index (χ2v) is 7.41. The van der Waals surface area contributed by atoms with Gasteiger partial charge in [-0.15, -0.1) is 0 Å². The van der Waals surface area contributed by atoms with E-state index in [0.717, 1.165) is 23.2 Å². The molecule has 29 heavy (non-hydrogen) atoms. The van der Waals surface area contributed by atoms with Crippen molar-refractivity contribution in [3.8, 4) is 0 Å². The van der Waals surface area contributed by atoms with Gasteiger partial charge in [0.15, 0.2) is 0 Å². The minimum Gasteiger partial charge on any atom is -0.337 e. The molecule has 1 fully saturated rings. The largest absolute Gasteiger partial charge is 0.337 e. The van der Waals surface area contributed by atoms with Crippen molar-refractivity contribution in [2.24, 2.45) is 0 Å². The Bertz CT molecular complexity index is 883. The summed E-state index contributed by atoms with van der Waals surface area (Å²) in [6.45, 7) is 7.13. The normalized spacial score (nSPS) is 14.9. The second kappa shape index (κ2) is 10.0. The Hall–Kier alpha value is -2.92. The van der Waals surface area contributed by atoms with E-state index in [9.17, 15) is 9.59 Å². The van der Waals surface area contributed by atoms with E-state index in [4.69, 9.17) is 0 Å². The molecule has 2 aromatic rings. The molecule has 0 atom stereocenters. The van der Waals surface area contributed by atoms with Gasteiger partial charge in [-0.05, 0) is 36.6 Å². The van der Waals surface area contributed by atoms with E-state index in [1.54, 1.807) is 6.08 Å². The van der Waals surface area contributed by atoms with Crippen molar-refractivity contribution in [1.29, 1.82) is 0 Å². The van der Waals surface area contributed by atoms with Crippen LogP contribution in [-0.2, 0) is 16.0 Å². The highest BCUT2D eigenvalue weighted by Gasteiger charge is 2.21. The predicted molar refractivity (Wildman–Crippen MR) is 118 cm³/mol. The minimum atomic E-state index is -0.00924. The maximum Gasteiger partial charge on any atom is 0.246 e. The number of para-hydroxylation sites is 1. The van der Waals surface area contributed by atoms with Gasteiger partial charge in [0.05, 0.1) is 6.54 Å². The molecule has 152 valence electrons. The lowest BCUT2D eigenvalue weighted by Crippen LogP contribution is -2.50. The topological polar surface area (TPSA) is 52.7 Å². The molecule has 1 N–H and O–H groups in total. The van der Waals surface area contributed by atoms with Gasteiger partial charge in [0, 0.05) is 37.9 Å². The second-order valence-electron chi connectivity index (χ2n) is 7.41. The van der Waals surface area contributed by atoms with Crippen molar-refractivity contribution in [3.05, 3.63) is 71.3 Å². The molecule has 2 aromatic carbocycles. The van der Waals surface area contributed by atoms with Crippen LogP contribution in [0.25, 0.3) is 6.08 Å². The fraction of sp³-hybridized carbons (Fsp3) is 0.333. The van der Waals surface area contributed by atoms with Crippen molar-refractivity contribution in [1.82, 2.24) is 9.80 Å². The Kier molecular flexibility index (Phi) is 7.19. The van der Waals surface area contributed by atoms with Crippen LogP contribution in [0.5, 0.6) is 0 Å². The van der Waals surface area contributed by atoms with Gasteiger partial charge in [0.2, 0.25) is 11.8 Å². The van der Waals surface area contributed by atoms with Crippen LogP contribution in [0.15, 0.2) is 54.6 Å². The lowest BCUT2D eigenvalue weighted by atomic mass is 10.1. The van der Waals surface area contributed by atoms with Crippen molar-refractivity contribution >= 4 is 23.6 Å². The summed E-state index contributed by atoms with van der Waals surface area (Å²) in [5.74, 6) is 0.0116. The molecule has 1 aliphatic heterocycles. The molecule has 0 aliphatic carbocycles. The minimum absolute atomic E-state index is 0.00924. The molecular formula is C24H29N3O2. The van der Waals surface area contributed by atoms with E-state index in [2.05, 4.69) is 23.2 Å². The van der Waals surface area contributed by atoms with Gasteiger partial charge in [-0.3, -0.25) is 14.5 Å². The first-order valence-corrected chi connectivity index (χ1v) is 10.2. The molecule has 0 aromatic heterocycles. The van der Waals surface area contributed by atoms with E-state index >= 15 is 0 Å². The fourth-order valence-corrected chi connectivity index (χ4v) is 3.52. The lowest BCUT2D eigenvalue weighted by molar-refractivity contribution is -0.127. The van der Waals surface area contributed by atoms with Crippen molar-refractivity contribution in [3.63, 3.8) is 0 Å². The number of nitrogens with one attached hydrogen (secondary N) is 1. The molecule has 0 spiro atoms. The third-order valence-corrected chi connectivity index (χ3v) is 5.18. The predicted octanol–water partition coefficient (Wildman–Crippen LogP) is 3.35. The van der Waals surface area contributed by atoms with Crippen molar-refractivity contribution in [2.75, 3.05) is 38.0 Å². The summed E-state index contributed by atoms with van der Waals surface area (Å²) < 4.78 is 0. The van der Waals surface area contributed by atoms with Crippen LogP contribution in [0, 0.1) is 6.92 Å². The summed E-state index contributed by atoms with van der Waals surface area (Å²) in [6.07, 6.45) is 4.38. The number of rotatable bonds is 6. The van der Waals surface area contributed by atoms with Crippen LogP contribution in [0.4, 0.5) is 5.69 Å². The summed E-state index contributed by atoms with van der Waals surface area (Å²) in [5.41, 5.74) is 4.22. The number of aryl methyl sites for hydroxylation is 2. The van der Waals surface area contributed by atoms with Gasteiger partial charge in [0.1, 0.15) is 0 Å². The zero-order chi connectivity index (χ0) is 20.6. The summed E-state index contributed by atoms with van der Waals surface area (Å²) in [6, 6.07) is 16.0. The third kappa shape index (κ3) is 6.03. The lowest BCUT2D eigenvalue weighted by Gasteiger charge is -2.33. The number of piperazine rings is 1. The van der Waals surface area contributed by atoms with Crippen LogP contribution < -0.4 is 5.32 Å². The highest BCUT2D eigenvalue weighted by Crippen LogP contribution is 2.15. The number of carbonyl (C=O) groups excluding carboxylic acids is 2. The smallest absolute Gasteiger partial charge is 0.246 e.